The number of likely N-dealkylation sites (tertiary alicyclic amines) is 1. The van der Waals surface area contributed by atoms with Crippen LogP contribution in [0.25, 0.3) is 0 Å². The first-order chi connectivity index (χ1) is 11.8. The third-order valence-electron chi connectivity index (χ3n) is 4.37. The van der Waals surface area contributed by atoms with Crippen LogP contribution in [0.4, 0.5) is 0 Å². The van der Waals surface area contributed by atoms with Crippen LogP contribution >= 0.6 is 24.0 Å². The number of ether oxygens (including phenoxy) is 3. The molecule has 24 heavy (non-hydrogen) atoms. The van der Waals surface area contributed by atoms with E-state index in [4.69, 9.17) is 26.4 Å². The fourth-order valence-corrected chi connectivity index (χ4v) is 4.30. The molecule has 2 fully saturated rings. The third kappa shape index (κ3) is 5.09. The molecule has 6 heteroatoms. The van der Waals surface area contributed by atoms with Crippen molar-refractivity contribution in [1.82, 2.24) is 4.90 Å². The quantitative estimate of drug-likeness (QED) is 0.563. The Hall–Kier alpha value is -0.820. The second kappa shape index (κ2) is 9.04. The molecule has 2 saturated heterocycles. The predicted octanol–water partition coefficient (Wildman–Crippen LogP) is 3.70. The molecule has 2 heterocycles. The molecule has 0 unspecified atom stereocenters. The van der Waals surface area contributed by atoms with Crippen molar-refractivity contribution in [2.24, 2.45) is 0 Å². The molecular weight excluding hydrogens is 342 g/mol. The molecule has 1 spiro atoms. The molecule has 0 amide bonds. The van der Waals surface area contributed by atoms with Crippen molar-refractivity contribution in [3.63, 3.8) is 0 Å². The van der Waals surface area contributed by atoms with Crippen LogP contribution < -0.4 is 4.74 Å². The SMILES string of the molecule is S=C(SCCCCOc1ccccc1)N1CCC2(CC1)OCCO2. The standard InChI is InChI=1S/C18H25NO3S2/c23-17(19-10-8-18(9-11-19)21-13-14-22-18)24-15-5-4-12-20-16-6-2-1-3-7-16/h1-3,6-7H,4-5,8-15H2. The largest absolute Gasteiger partial charge is 0.494 e. The molecule has 0 atom stereocenters. The Morgan fingerprint density at radius 1 is 1.12 bits per heavy atom. The van der Waals surface area contributed by atoms with Crippen LogP contribution in [0.5, 0.6) is 5.75 Å². The van der Waals surface area contributed by atoms with Gasteiger partial charge in [-0.3, -0.25) is 0 Å². The minimum Gasteiger partial charge on any atom is -0.494 e. The zero-order valence-corrected chi connectivity index (χ0v) is 15.6. The highest BCUT2D eigenvalue weighted by atomic mass is 32.2. The molecule has 1 aromatic rings. The summed E-state index contributed by atoms with van der Waals surface area (Å²) < 4.78 is 18.2. The number of hydrogen-bond donors (Lipinski definition) is 0. The molecular formula is C18H25NO3S2. The van der Waals surface area contributed by atoms with Gasteiger partial charge >= 0.3 is 0 Å². The summed E-state index contributed by atoms with van der Waals surface area (Å²) >= 11 is 7.35. The molecule has 1 aromatic carbocycles. The Balaban J connectivity index is 1.25. The highest BCUT2D eigenvalue weighted by Gasteiger charge is 2.40. The van der Waals surface area contributed by atoms with Gasteiger partial charge in [0.2, 0.25) is 0 Å². The normalized spacial score (nSPS) is 19.6. The molecule has 132 valence electrons. The number of piperidine rings is 1. The maximum absolute atomic E-state index is 5.76. The summed E-state index contributed by atoms with van der Waals surface area (Å²) in [5.74, 6) is 1.68. The summed E-state index contributed by atoms with van der Waals surface area (Å²) in [6.45, 7) is 4.08. The Morgan fingerprint density at radius 2 is 1.83 bits per heavy atom. The summed E-state index contributed by atoms with van der Waals surface area (Å²) in [5, 5.41) is 0. The van der Waals surface area contributed by atoms with E-state index in [-0.39, 0.29) is 5.79 Å². The topological polar surface area (TPSA) is 30.9 Å². The van der Waals surface area contributed by atoms with Gasteiger partial charge in [0.1, 0.15) is 10.1 Å². The van der Waals surface area contributed by atoms with E-state index in [1.54, 1.807) is 11.8 Å². The molecule has 0 aromatic heterocycles. The van der Waals surface area contributed by atoms with Gasteiger partial charge in [0.05, 0.1) is 19.8 Å². The highest BCUT2D eigenvalue weighted by Crippen LogP contribution is 2.32. The second-order valence-electron chi connectivity index (χ2n) is 6.08. The van der Waals surface area contributed by atoms with E-state index in [0.717, 1.165) is 74.4 Å². The Bertz CT molecular complexity index is 510. The van der Waals surface area contributed by atoms with E-state index >= 15 is 0 Å². The van der Waals surface area contributed by atoms with Gasteiger partial charge in [0, 0.05) is 31.7 Å². The van der Waals surface area contributed by atoms with Crippen LogP contribution in [0.2, 0.25) is 0 Å². The lowest BCUT2D eigenvalue weighted by molar-refractivity contribution is -0.180. The first kappa shape index (κ1) is 18.0. The molecule has 2 aliphatic rings. The minimum atomic E-state index is -0.314. The molecule has 0 bridgehead atoms. The van der Waals surface area contributed by atoms with E-state index in [1.165, 1.54) is 0 Å². The van der Waals surface area contributed by atoms with E-state index in [9.17, 15) is 0 Å². The van der Waals surface area contributed by atoms with Crippen LogP contribution in [0, 0.1) is 0 Å². The van der Waals surface area contributed by atoms with E-state index < -0.39 is 0 Å². The number of para-hydroxylation sites is 1. The zero-order valence-electron chi connectivity index (χ0n) is 13.9. The highest BCUT2D eigenvalue weighted by molar-refractivity contribution is 8.22. The van der Waals surface area contributed by atoms with E-state index in [2.05, 4.69) is 4.90 Å². The summed E-state index contributed by atoms with van der Waals surface area (Å²) in [6.07, 6.45) is 3.99. The lowest BCUT2D eigenvalue weighted by Crippen LogP contribution is -2.46. The summed E-state index contributed by atoms with van der Waals surface area (Å²) in [7, 11) is 0. The van der Waals surface area contributed by atoms with Gasteiger partial charge in [-0.25, -0.2) is 0 Å². The lowest BCUT2D eigenvalue weighted by Gasteiger charge is -2.38. The van der Waals surface area contributed by atoms with Gasteiger partial charge in [-0.1, -0.05) is 42.2 Å². The summed E-state index contributed by atoms with van der Waals surface area (Å²) in [6, 6.07) is 9.97. The van der Waals surface area contributed by atoms with Crippen molar-refractivity contribution in [3.05, 3.63) is 30.3 Å². The van der Waals surface area contributed by atoms with Gasteiger partial charge in [-0.2, -0.15) is 0 Å². The van der Waals surface area contributed by atoms with Crippen molar-refractivity contribution in [3.8, 4) is 5.75 Å². The molecule has 0 saturated carbocycles. The van der Waals surface area contributed by atoms with E-state index in [0.29, 0.717) is 0 Å². The van der Waals surface area contributed by atoms with Gasteiger partial charge in [-0.05, 0) is 25.0 Å². The van der Waals surface area contributed by atoms with Gasteiger partial charge in [0.25, 0.3) is 0 Å². The molecule has 0 N–H and O–H groups in total. The van der Waals surface area contributed by atoms with Crippen molar-refractivity contribution in [2.45, 2.75) is 31.5 Å². The first-order valence-electron chi connectivity index (χ1n) is 8.65. The van der Waals surface area contributed by atoms with Crippen molar-refractivity contribution < 1.29 is 14.2 Å². The fraction of sp³-hybridized carbons (Fsp3) is 0.611. The molecule has 3 rings (SSSR count). The van der Waals surface area contributed by atoms with Crippen LogP contribution in [0.15, 0.2) is 30.3 Å². The van der Waals surface area contributed by atoms with E-state index in [1.807, 2.05) is 30.3 Å². The number of thiocarbonyl (C=S) groups is 1. The minimum absolute atomic E-state index is 0.314. The average Bonchev–Trinajstić information content (AvgIpc) is 3.07. The fourth-order valence-electron chi connectivity index (χ4n) is 2.98. The lowest BCUT2D eigenvalue weighted by atomic mass is 10.0. The van der Waals surface area contributed by atoms with Crippen molar-refractivity contribution >= 4 is 28.3 Å². The van der Waals surface area contributed by atoms with Crippen LogP contribution in [-0.4, -0.2) is 53.7 Å². The maximum atomic E-state index is 5.76. The van der Waals surface area contributed by atoms with Crippen molar-refractivity contribution in [2.75, 3.05) is 38.7 Å². The third-order valence-corrected chi connectivity index (χ3v) is 5.98. The number of unbranched alkanes of at least 4 members (excludes halogenated alkanes) is 1. The van der Waals surface area contributed by atoms with Gasteiger partial charge < -0.3 is 19.1 Å². The molecule has 4 nitrogen and oxygen atoms in total. The molecule has 2 aliphatic heterocycles. The monoisotopic (exact) mass is 367 g/mol. The maximum Gasteiger partial charge on any atom is 0.171 e. The number of benzene rings is 1. The summed E-state index contributed by atoms with van der Waals surface area (Å²) in [5.41, 5.74) is 0. The summed E-state index contributed by atoms with van der Waals surface area (Å²) in [4.78, 5) is 2.29. The first-order valence-corrected chi connectivity index (χ1v) is 10.0. The number of hydrogen-bond acceptors (Lipinski definition) is 5. The average molecular weight is 368 g/mol. The van der Waals surface area contributed by atoms with Crippen LogP contribution in [0.3, 0.4) is 0 Å². The molecule has 0 aliphatic carbocycles. The van der Waals surface area contributed by atoms with Gasteiger partial charge in [0.15, 0.2) is 5.79 Å². The Kier molecular flexibility index (Phi) is 6.77. The smallest absolute Gasteiger partial charge is 0.171 e. The molecule has 0 radical (unpaired) electrons. The van der Waals surface area contributed by atoms with Crippen LogP contribution in [0.1, 0.15) is 25.7 Å². The number of thioether (sulfide) groups is 1. The number of nitrogens with zero attached hydrogens (tertiary/aromatic N) is 1. The Morgan fingerprint density at radius 3 is 2.54 bits per heavy atom. The van der Waals surface area contributed by atoms with Gasteiger partial charge in [-0.15, -0.1) is 0 Å². The predicted molar refractivity (Wildman–Crippen MR) is 102 cm³/mol. The second-order valence-corrected chi connectivity index (χ2v) is 7.81. The van der Waals surface area contributed by atoms with Crippen molar-refractivity contribution in [1.29, 1.82) is 0 Å². The Labute approximate surface area is 153 Å². The van der Waals surface area contributed by atoms with Crippen LogP contribution in [-0.2, 0) is 9.47 Å². The zero-order chi connectivity index (χ0) is 16.7. The number of rotatable bonds is 6.